The van der Waals surface area contributed by atoms with Crippen LogP contribution in [0.1, 0.15) is 59.1 Å². The van der Waals surface area contributed by atoms with Gasteiger partial charge in [-0.2, -0.15) is 0 Å². The number of anilines is 1. The molecule has 7 nitrogen and oxygen atoms in total. The van der Waals surface area contributed by atoms with Gasteiger partial charge in [0.1, 0.15) is 17.3 Å². The monoisotopic (exact) mass is 624 g/mol. The Morgan fingerprint density at radius 3 is 2.23 bits per heavy atom. The molecule has 1 heterocycles. The smallest absolute Gasteiger partial charge is 0.412 e. The summed E-state index contributed by atoms with van der Waals surface area (Å²) >= 11 is 3.32. The van der Waals surface area contributed by atoms with E-state index in [1.54, 1.807) is 77.9 Å². The molecule has 2 amide bonds. The molecule has 0 aromatic heterocycles. The topological polar surface area (TPSA) is 77.1 Å². The summed E-state index contributed by atoms with van der Waals surface area (Å²) in [7, 11) is 0. The van der Waals surface area contributed by atoms with Gasteiger partial charge in [0.2, 0.25) is 0 Å². The summed E-state index contributed by atoms with van der Waals surface area (Å²) < 4.78 is 48.8. The molecule has 1 fully saturated rings. The van der Waals surface area contributed by atoms with Gasteiger partial charge in [0, 0.05) is 16.6 Å². The molecule has 0 spiro atoms. The summed E-state index contributed by atoms with van der Waals surface area (Å²) in [5, 5.41) is 2.76. The van der Waals surface area contributed by atoms with E-state index in [4.69, 9.17) is 14.2 Å². The Labute approximate surface area is 243 Å². The lowest BCUT2D eigenvalue weighted by molar-refractivity contribution is -0.190. The molecule has 2 aromatic rings. The Balaban J connectivity index is 1.76. The molecule has 40 heavy (non-hydrogen) atoms. The van der Waals surface area contributed by atoms with Gasteiger partial charge in [0.25, 0.3) is 5.92 Å². The maximum atomic E-state index is 15.6. The van der Waals surface area contributed by atoms with Crippen LogP contribution in [-0.4, -0.2) is 59.5 Å². The van der Waals surface area contributed by atoms with Gasteiger partial charge < -0.3 is 19.1 Å². The van der Waals surface area contributed by atoms with Gasteiger partial charge in [-0.15, -0.1) is 0 Å². The van der Waals surface area contributed by atoms with Crippen LogP contribution in [0.5, 0.6) is 0 Å². The first kappa shape index (κ1) is 31.8. The molecule has 2 aromatic carbocycles. The molecule has 10 heteroatoms. The molecular formula is C30H39BrF2N2O5. The first-order valence-electron chi connectivity index (χ1n) is 13.3. The van der Waals surface area contributed by atoms with E-state index in [1.165, 1.54) is 4.90 Å². The first-order chi connectivity index (χ1) is 18.5. The minimum atomic E-state index is -3.23. The number of carbonyl (C=O) groups excluding carboxylic acids is 2. The number of ether oxygens (including phenoxy) is 3. The highest BCUT2D eigenvalue weighted by Gasteiger charge is 2.46. The van der Waals surface area contributed by atoms with Gasteiger partial charge in [-0.25, -0.2) is 18.4 Å². The van der Waals surface area contributed by atoms with Crippen LogP contribution in [0.25, 0.3) is 0 Å². The molecule has 0 radical (unpaired) electrons. The van der Waals surface area contributed by atoms with Crippen molar-refractivity contribution >= 4 is 33.8 Å². The summed E-state index contributed by atoms with van der Waals surface area (Å²) in [5.74, 6) is -3.23. The van der Waals surface area contributed by atoms with Crippen molar-refractivity contribution in [2.75, 3.05) is 18.4 Å². The van der Waals surface area contributed by atoms with Gasteiger partial charge in [-0.1, -0.05) is 46.3 Å². The number of benzene rings is 2. The largest absolute Gasteiger partial charge is 0.444 e. The number of morpholine rings is 1. The fourth-order valence-electron chi connectivity index (χ4n) is 4.29. The molecule has 1 aliphatic rings. The van der Waals surface area contributed by atoms with Crippen LogP contribution in [0.4, 0.5) is 24.1 Å². The van der Waals surface area contributed by atoms with Crippen LogP contribution in [0.3, 0.4) is 0 Å². The third-order valence-electron chi connectivity index (χ3n) is 6.03. The van der Waals surface area contributed by atoms with E-state index in [-0.39, 0.29) is 13.1 Å². The number of nitrogens with one attached hydrogen (secondary N) is 1. The first-order valence-corrected chi connectivity index (χ1v) is 14.1. The summed E-state index contributed by atoms with van der Waals surface area (Å²) in [5.41, 5.74) is 0.395. The van der Waals surface area contributed by atoms with Gasteiger partial charge in [-0.05, 0) is 83.7 Å². The number of hydrogen-bond acceptors (Lipinski definition) is 5. The van der Waals surface area contributed by atoms with E-state index in [9.17, 15) is 9.59 Å². The Kier molecular flexibility index (Phi) is 10.2. The Morgan fingerprint density at radius 1 is 0.975 bits per heavy atom. The zero-order valence-corrected chi connectivity index (χ0v) is 25.5. The van der Waals surface area contributed by atoms with Crippen molar-refractivity contribution in [3.05, 3.63) is 64.1 Å². The van der Waals surface area contributed by atoms with Gasteiger partial charge in [0.05, 0.1) is 19.2 Å². The SMILES string of the molecule is CC(C)(C)OC(=O)Nc1ccccc1CC[C@@H]1CN(C(=O)OC(C)(C)C)C[C@@H](C(F)(F)Cc2ccc(Br)cc2)O1. The zero-order chi connectivity index (χ0) is 29.7. The standard InChI is InChI=1S/C30H39BrF2N2O5/c1-28(2,3)39-26(36)34-24-10-8-7-9-21(24)13-16-23-18-35(27(37)40-29(4,5)6)19-25(38-23)30(32,33)17-20-11-14-22(31)15-12-20/h7-12,14-15,23,25H,13,16-19H2,1-6H3,(H,34,36)/t23-,25+/m1/s1. The predicted octanol–water partition coefficient (Wildman–Crippen LogP) is 7.61. The number of hydrogen-bond donors (Lipinski definition) is 1. The summed E-state index contributed by atoms with van der Waals surface area (Å²) in [6, 6.07) is 13.9. The quantitative estimate of drug-likeness (QED) is 0.343. The van der Waals surface area contributed by atoms with E-state index in [0.29, 0.717) is 24.1 Å². The van der Waals surface area contributed by atoms with Crippen LogP contribution >= 0.6 is 15.9 Å². The van der Waals surface area contributed by atoms with E-state index in [1.807, 2.05) is 12.1 Å². The van der Waals surface area contributed by atoms with Crippen molar-refractivity contribution < 1.29 is 32.6 Å². The lowest BCUT2D eigenvalue weighted by atomic mass is 9.99. The molecule has 0 bridgehead atoms. The number of amides is 2. The van der Waals surface area contributed by atoms with Crippen LogP contribution in [0.2, 0.25) is 0 Å². The third-order valence-corrected chi connectivity index (χ3v) is 6.56. The lowest BCUT2D eigenvalue weighted by Crippen LogP contribution is -2.57. The molecule has 220 valence electrons. The van der Waals surface area contributed by atoms with Crippen molar-refractivity contribution in [3.8, 4) is 0 Å². The zero-order valence-electron chi connectivity index (χ0n) is 23.9. The number of halogens is 3. The minimum Gasteiger partial charge on any atom is -0.444 e. The molecule has 1 saturated heterocycles. The lowest BCUT2D eigenvalue weighted by Gasteiger charge is -2.41. The van der Waals surface area contributed by atoms with Crippen molar-refractivity contribution in [2.24, 2.45) is 0 Å². The van der Waals surface area contributed by atoms with Crippen molar-refractivity contribution in [1.29, 1.82) is 0 Å². The summed E-state index contributed by atoms with van der Waals surface area (Å²) in [6.07, 6.45) is -3.19. The fourth-order valence-corrected chi connectivity index (χ4v) is 4.55. The molecular weight excluding hydrogens is 586 g/mol. The summed E-state index contributed by atoms with van der Waals surface area (Å²) in [6.45, 7) is 10.4. The van der Waals surface area contributed by atoms with Gasteiger partial charge in [0.15, 0.2) is 0 Å². The normalized spacial score (nSPS) is 18.3. The number of carbonyl (C=O) groups is 2. The highest BCUT2D eigenvalue weighted by atomic mass is 79.9. The average Bonchev–Trinajstić information content (AvgIpc) is 2.82. The fraction of sp³-hybridized carbons (Fsp3) is 0.533. The maximum Gasteiger partial charge on any atom is 0.412 e. The van der Waals surface area contributed by atoms with E-state index < -0.39 is 47.9 Å². The second kappa shape index (κ2) is 12.9. The Morgan fingerprint density at radius 2 is 1.60 bits per heavy atom. The van der Waals surface area contributed by atoms with Crippen LogP contribution < -0.4 is 5.32 Å². The van der Waals surface area contributed by atoms with Crippen molar-refractivity contribution in [2.45, 2.75) is 90.1 Å². The second-order valence-electron chi connectivity index (χ2n) is 12.0. The summed E-state index contributed by atoms with van der Waals surface area (Å²) in [4.78, 5) is 26.6. The molecule has 2 atom stereocenters. The molecule has 3 rings (SSSR count). The van der Waals surface area contributed by atoms with Crippen molar-refractivity contribution in [3.63, 3.8) is 0 Å². The second-order valence-corrected chi connectivity index (χ2v) is 12.9. The van der Waals surface area contributed by atoms with E-state index in [0.717, 1.165) is 10.0 Å². The van der Waals surface area contributed by atoms with Crippen molar-refractivity contribution in [1.82, 2.24) is 4.90 Å². The molecule has 0 aliphatic carbocycles. The predicted molar refractivity (Wildman–Crippen MR) is 154 cm³/mol. The highest BCUT2D eigenvalue weighted by molar-refractivity contribution is 9.10. The van der Waals surface area contributed by atoms with E-state index >= 15 is 8.78 Å². The number of alkyl halides is 2. The highest BCUT2D eigenvalue weighted by Crippen LogP contribution is 2.32. The molecule has 0 saturated carbocycles. The van der Waals surface area contributed by atoms with Gasteiger partial charge >= 0.3 is 12.2 Å². The van der Waals surface area contributed by atoms with Crippen LogP contribution in [-0.2, 0) is 27.1 Å². The number of rotatable bonds is 7. The maximum absolute atomic E-state index is 15.6. The van der Waals surface area contributed by atoms with E-state index in [2.05, 4.69) is 21.2 Å². The van der Waals surface area contributed by atoms with Crippen LogP contribution in [0.15, 0.2) is 53.0 Å². The molecule has 0 unspecified atom stereocenters. The van der Waals surface area contributed by atoms with Gasteiger partial charge in [-0.3, -0.25) is 5.32 Å². The number of para-hydroxylation sites is 1. The van der Waals surface area contributed by atoms with Crippen LogP contribution in [0, 0.1) is 0 Å². The minimum absolute atomic E-state index is 0.113. The third kappa shape index (κ3) is 10.0. The molecule has 1 aliphatic heterocycles. The molecule has 1 N–H and O–H groups in total. The Bertz CT molecular complexity index is 1160. The number of aryl methyl sites for hydroxylation is 1. The number of nitrogens with zero attached hydrogens (tertiary/aromatic N) is 1. The Hall–Kier alpha value is -2.72. The average molecular weight is 626 g/mol.